The predicted octanol–water partition coefficient (Wildman–Crippen LogP) is 2.61. The molecular weight excluding hydrogens is 174 g/mol. The summed E-state index contributed by atoms with van der Waals surface area (Å²) in [6, 6.07) is 0. The van der Waals surface area contributed by atoms with E-state index in [1.54, 1.807) is 0 Å². The van der Waals surface area contributed by atoms with Crippen molar-refractivity contribution in [2.45, 2.75) is 58.0 Å². The summed E-state index contributed by atoms with van der Waals surface area (Å²) in [5.41, 5.74) is 5.31. The highest BCUT2D eigenvalue weighted by Crippen LogP contribution is 2.07. The summed E-state index contributed by atoms with van der Waals surface area (Å²) in [4.78, 5) is 0. The van der Waals surface area contributed by atoms with Crippen LogP contribution in [0.5, 0.6) is 0 Å². The molecule has 1 atom stereocenters. The quantitative estimate of drug-likeness (QED) is 0.443. The molecule has 0 heterocycles. The van der Waals surface area contributed by atoms with Crippen LogP contribution in [0, 0.1) is 0 Å². The number of hydrogen-bond acceptors (Lipinski definition) is 2. The van der Waals surface area contributed by atoms with Gasteiger partial charge in [0.25, 0.3) is 0 Å². The van der Waals surface area contributed by atoms with Crippen molar-refractivity contribution in [2.75, 3.05) is 6.54 Å². The first kappa shape index (κ1) is 13.7. The summed E-state index contributed by atoms with van der Waals surface area (Å²) < 4.78 is 0. The number of rotatable bonds is 9. The average Bonchev–Trinajstić information content (AvgIpc) is 2.21. The Hall–Kier alpha value is -0.340. The molecule has 14 heavy (non-hydrogen) atoms. The van der Waals surface area contributed by atoms with E-state index in [1.165, 1.54) is 25.7 Å². The second-order valence-corrected chi connectivity index (χ2v) is 3.76. The van der Waals surface area contributed by atoms with Crippen molar-refractivity contribution < 1.29 is 5.11 Å². The van der Waals surface area contributed by atoms with Crippen LogP contribution in [0.4, 0.5) is 0 Å². The highest BCUT2D eigenvalue weighted by molar-refractivity contribution is 4.79. The summed E-state index contributed by atoms with van der Waals surface area (Å²) in [6.45, 7) is 2.56. The molecule has 2 heteroatoms. The zero-order chi connectivity index (χ0) is 10.6. The lowest BCUT2D eigenvalue weighted by atomic mass is 10.1. The Labute approximate surface area is 88.2 Å². The van der Waals surface area contributed by atoms with Crippen molar-refractivity contribution in [2.24, 2.45) is 5.73 Å². The van der Waals surface area contributed by atoms with E-state index < -0.39 is 0 Å². The minimum atomic E-state index is -0.282. The minimum absolute atomic E-state index is 0.282. The second-order valence-electron chi connectivity index (χ2n) is 3.76. The van der Waals surface area contributed by atoms with E-state index in [1.807, 2.05) is 0 Å². The van der Waals surface area contributed by atoms with Gasteiger partial charge < -0.3 is 10.8 Å². The first-order chi connectivity index (χ1) is 6.81. The summed E-state index contributed by atoms with van der Waals surface area (Å²) in [7, 11) is 0. The molecule has 0 aliphatic rings. The van der Waals surface area contributed by atoms with Crippen molar-refractivity contribution in [3.8, 4) is 0 Å². The van der Waals surface area contributed by atoms with Crippen LogP contribution in [0.25, 0.3) is 0 Å². The van der Waals surface area contributed by atoms with Crippen LogP contribution in [0.15, 0.2) is 12.2 Å². The highest BCUT2D eigenvalue weighted by Gasteiger charge is 1.99. The first-order valence-corrected chi connectivity index (χ1v) is 5.84. The van der Waals surface area contributed by atoms with Crippen molar-refractivity contribution in [1.82, 2.24) is 0 Å². The molecule has 0 spiro atoms. The molecule has 0 amide bonds. The smallest absolute Gasteiger partial charge is 0.0662 e. The van der Waals surface area contributed by atoms with E-state index in [0.717, 1.165) is 19.3 Å². The van der Waals surface area contributed by atoms with Gasteiger partial charge in [-0.05, 0) is 25.7 Å². The Morgan fingerprint density at radius 3 is 2.50 bits per heavy atom. The fourth-order valence-electron chi connectivity index (χ4n) is 1.40. The average molecular weight is 199 g/mol. The number of allylic oxidation sites excluding steroid dienone is 2. The second kappa shape index (κ2) is 10.7. The standard InChI is InChI=1S/C12H25NO/c1-2-3-4-5-6-7-8-9-10-12(14)11-13/h3-4,12,14H,2,5-11,13H2,1H3/b4-3+. The largest absolute Gasteiger partial charge is 0.392 e. The van der Waals surface area contributed by atoms with Crippen LogP contribution in [0.2, 0.25) is 0 Å². The fourth-order valence-corrected chi connectivity index (χ4v) is 1.40. The van der Waals surface area contributed by atoms with E-state index in [4.69, 9.17) is 5.73 Å². The lowest BCUT2D eigenvalue weighted by Crippen LogP contribution is -2.19. The Balaban J connectivity index is 3.02. The molecule has 84 valence electrons. The maximum Gasteiger partial charge on any atom is 0.0662 e. The maximum atomic E-state index is 9.19. The van der Waals surface area contributed by atoms with Crippen molar-refractivity contribution >= 4 is 0 Å². The van der Waals surface area contributed by atoms with E-state index in [9.17, 15) is 5.11 Å². The molecule has 0 saturated heterocycles. The molecule has 3 N–H and O–H groups in total. The van der Waals surface area contributed by atoms with Crippen molar-refractivity contribution in [1.29, 1.82) is 0 Å². The molecule has 0 saturated carbocycles. The van der Waals surface area contributed by atoms with Crippen molar-refractivity contribution in [3.63, 3.8) is 0 Å². The molecule has 0 rings (SSSR count). The van der Waals surface area contributed by atoms with Gasteiger partial charge in [-0.1, -0.05) is 38.3 Å². The number of aliphatic hydroxyl groups excluding tert-OH is 1. The molecule has 0 bridgehead atoms. The topological polar surface area (TPSA) is 46.2 Å². The van der Waals surface area contributed by atoms with E-state index >= 15 is 0 Å². The van der Waals surface area contributed by atoms with Gasteiger partial charge in [0.15, 0.2) is 0 Å². The number of aliphatic hydroxyl groups is 1. The Morgan fingerprint density at radius 1 is 1.14 bits per heavy atom. The first-order valence-electron chi connectivity index (χ1n) is 5.84. The monoisotopic (exact) mass is 199 g/mol. The number of nitrogens with two attached hydrogens (primary N) is 1. The zero-order valence-electron chi connectivity index (χ0n) is 9.41. The Kier molecular flexibility index (Phi) is 10.5. The lowest BCUT2D eigenvalue weighted by molar-refractivity contribution is 0.168. The third-order valence-corrected chi connectivity index (χ3v) is 2.33. The van der Waals surface area contributed by atoms with Gasteiger partial charge in [-0.3, -0.25) is 0 Å². The molecule has 0 aliphatic carbocycles. The van der Waals surface area contributed by atoms with Crippen molar-refractivity contribution in [3.05, 3.63) is 12.2 Å². The number of hydrogen-bond donors (Lipinski definition) is 2. The SMILES string of the molecule is CC/C=C/CCCCCCC(O)CN. The van der Waals surface area contributed by atoms with Crippen LogP contribution in [0.1, 0.15) is 51.9 Å². The third-order valence-electron chi connectivity index (χ3n) is 2.33. The van der Waals surface area contributed by atoms with E-state index in [2.05, 4.69) is 19.1 Å². The normalized spacial score (nSPS) is 13.6. The summed E-state index contributed by atoms with van der Waals surface area (Å²) in [5.74, 6) is 0. The van der Waals surface area contributed by atoms with E-state index in [-0.39, 0.29) is 6.10 Å². The summed E-state index contributed by atoms with van der Waals surface area (Å²) in [5, 5.41) is 9.19. The minimum Gasteiger partial charge on any atom is -0.392 e. The van der Waals surface area contributed by atoms with Gasteiger partial charge in [0, 0.05) is 6.54 Å². The molecule has 0 aromatic carbocycles. The lowest BCUT2D eigenvalue weighted by Gasteiger charge is -2.06. The van der Waals surface area contributed by atoms with Gasteiger partial charge in [0.2, 0.25) is 0 Å². The predicted molar refractivity (Wildman–Crippen MR) is 62.2 cm³/mol. The van der Waals surface area contributed by atoms with Gasteiger partial charge in [0.1, 0.15) is 0 Å². The Morgan fingerprint density at radius 2 is 1.86 bits per heavy atom. The van der Waals surface area contributed by atoms with Gasteiger partial charge >= 0.3 is 0 Å². The van der Waals surface area contributed by atoms with Crippen LogP contribution >= 0.6 is 0 Å². The summed E-state index contributed by atoms with van der Waals surface area (Å²) in [6.07, 6.45) is 12.3. The van der Waals surface area contributed by atoms with Crippen LogP contribution in [-0.4, -0.2) is 17.8 Å². The molecule has 0 fully saturated rings. The van der Waals surface area contributed by atoms with Crippen LogP contribution in [0.3, 0.4) is 0 Å². The molecule has 0 aromatic rings. The molecule has 2 nitrogen and oxygen atoms in total. The number of unbranched alkanes of at least 4 members (excludes halogenated alkanes) is 4. The van der Waals surface area contributed by atoms with Gasteiger partial charge in [-0.15, -0.1) is 0 Å². The van der Waals surface area contributed by atoms with Gasteiger partial charge in [0.05, 0.1) is 6.10 Å². The molecule has 1 unspecified atom stereocenters. The molecule has 0 aliphatic heterocycles. The van der Waals surface area contributed by atoms with E-state index in [0.29, 0.717) is 6.54 Å². The molecule has 0 radical (unpaired) electrons. The highest BCUT2D eigenvalue weighted by atomic mass is 16.3. The zero-order valence-corrected chi connectivity index (χ0v) is 9.41. The molecule has 0 aromatic heterocycles. The molecular formula is C12H25NO. The third kappa shape index (κ3) is 9.75. The van der Waals surface area contributed by atoms with Crippen LogP contribution in [-0.2, 0) is 0 Å². The van der Waals surface area contributed by atoms with Gasteiger partial charge in [-0.2, -0.15) is 0 Å². The Bertz CT molecular complexity index is 134. The maximum absolute atomic E-state index is 9.19. The fraction of sp³-hybridized carbons (Fsp3) is 0.833. The van der Waals surface area contributed by atoms with Gasteiger partial charge in [-0.25, -0.2) is 0 Å². The van der Waals surface area contributed by atoms with Crippen LogP contribution < -0.4 is 5.73 Å². The summed E-state index contributed by atoms with van der Waals surface area (Å²) >= 11 is 0.